The van der Waals surface area contributed by atoms with Crippen molar-refractivity contribution in [2.75, 3.05) is 19.7 Å². The Hall–Kier alpha value is -0.0800. The van der Waals surface area contributed by atoms with Gasteiger partial charge in [-0.2, -0.15) is 0 Å². The number of nitrogens with zero attached hydrogens (tertiary/aromatic N) is 1. The largest absolute Gasteiger partial charge is 0.375 e. The van der Waals surface area contributed by atoms with E-state index in [-0.39, 0.29) is 5.60 Å². The topological polar surface area (TPSA) is 12.5 Å². The molecule has 3 fully saturated rings. The molecule has 104 valence electrons. The Balaban J connectivity index is 1.53. The van der Waals surface area contributed by atoms with Gasteiger partial charge >= 0.3 is 0 Å². The molecule has 3 atom stereocenters. The highest BCUT2D eigenvalue weighted by atomic mass is 16.5. The van der Waals surface area contributed by atoms with Gasteiger partial charge in [-0.1, -0.05) is 6.92 Å². The fourth-order valence-electron chi connectivity index (χ4n) is 3.73. The third-order valence-electron chi connectivity index (χ3n) is 5.13. The summed E-state index contributed by atoms with van der Waals surface area (Å²) >= 11 is 0. The van der Waals surface area contributed by atoms with Gasteiger partial charge in [0.05, 0.1) is 12.2 Å². The molecule has 0 spiro atoms. The maximum absolute atomic E-state index is 6.05. The smallest absolute Gasteiger partial charge is 0.0598 e. The summed E-state index contributed by atoms with van der Waals surface area (Å²) in [5.74, 6) is 2.10. The predicted octanol–water partition coefficient (Wildman–Crippen LogP) is 3.31. The van der Waals surface area contributed by atoms with Gasteiger partial charge in [-0.15, -0.1) is 0 Å². The molecule has 0 radical (unpaired) electrons. The molecule has 1 heterocycles. The number of ether oxygens (including phenoxy) is 1. The second kappa shape index (κ2) is 4.21. The summed E-state index contributed by atoms with van der Waals surface area (Å²) in [6.07, 6.45) is 5.62. The van der Waals surface area contributed by atoms with Gasteiger partial charge in [0, 0.05) is 24.5 Å². The van der Waals surface area contributed by atoms with Crippen molar-refractivity contribution in [1.29, 1.82) is 0 Å². The molecule has 0 bridgehead atoms. The predicted molar refractivity (Wildman–Crippen MR) is 74.6 cm³/mol. The third kappa shape index (κ3) is 2.60. The lowest BCUT2D eigenvalue weighted by Gasteiger charge is -2.32. The maximum Gasteiger partial charge on any atom is 0.0598 e. The minimum Gasteiger partial charge on any atom is -0.375 e. The Morgan fingerprint density at radius 2 is 2.00 bits per heavy atom. The normalized spacial score (nSPS) is 37.7. The van der Waals surface area contributed by atoms with Crippen molar-refractivity contribution in [2.24, 2.45) is 17.3 Å². The molecule has 0 amide bonds. The van der Waals surface area contributed by atoms with Crippen LogP contribution < -0.4 is 0 Å². The first-order valence-corrected chi connectivity index (χ1v) is 7.80. The zero-order valence-corrected chi connectivity index (χ0v) is 12.5. The minimum absolute atomic E-state index is 0.0207. The van der Waals surface area contributed by atoms with E-state index in [0.717, 1.165) is 24.5 Å². The lowest BCUT2D eigenvalue weighted by molar-refractivity contribution is -0.0355. The summed E-state index contributed by atoms with van der Waals surface area (Å²) in [5, 5.41) is 0. The highest BCUT2D eigenvalue weighted by Crippen LogP contribution is 2.54. The van der Waals surface area contributed by atoms with Gasteiger partial charge in [-0.05, 0) is 58.3 Å². The molecule has 3 unspecified atom stereocenters. The van der Waals surface area contributed by atoms with Crippen molar-refractivity contribution in [3.05, 3.63) is 0 Å². The first-order valence-electron chi connectivity index (χ1n) is 7.80. The number of fused-ring (bicyclic) bond motifs is 1. The van der Waals surface area contributed by atoms with E-state index in [4.69, 9.17) is 4.74 Å². The molecule has 2 saturated carbocycles. The van der Waals surface area contributed by atoms with Crippen molar-refractivity contribution in [2.45, 2.75) is 65.0 Å². The highest BCUT2D eigenvalue weighted by molar-refractivity contribution is 5.07. The lowest BCUT2D eigenvalue weighted by Crippen LogP contribution is -2.39. The van der Waals surface area contributed by atoms with Crippen LogP contribution in [-0.2, 0) is 4.74 Å². The van der Waals surface area contributed by atoms with Crippen LogP contribution in [0, 0.1) is 17.3 Å². The van der Waals surface area contributed by atoms with Crippen molar-refractivity contribution >= 4 is 0 Å². The molecule has 0 aromatic heterocycles. The van der Waals surface area contributed by atoms with Crippen molar-refractivity contribution in [3.63, 3.8) is 0 Å². The standard InChI is InChI=1S/C16H29NO/c1-5-14-13-8-12(13)9-17(14)10-16(6-7-16)11-18-15(2,3)4/h12-14H,5-11H2,1-4H3. The van der Waals surface area contributed by atoms with E-state index in [9.17, 15) is 0 Å². The average molecular weight is 251 g/mol. The quantitative estimate of drug-likeness (QED) is 0.743. The summed E-state index contributed by atoms with van der Waals surface area (Å²) in [4.78, 5) is 2.79. The second-order valence-electron chi connectivity index (χ2n) is 7.97. The van der Waals surface area contributed by atoms with E-state index in [1.807, 2.05) is 0 Å². The summed E-state index contributed by atoms with van der Waals surface area (Å²) in [7, 11) is 0. The lowest BCUT2D eigenvalue weighted by atomic mass is 10.0. The van der Waals surface area contributed by atoms with Gasteiger partial charge in [-0.3, -0.25) is 4.90 Å². The van der Waals surface area contributed by atoms with Crippen molar-refractivity contribution < 1.29 is 4.74 Å². The first-order chi connectivity index (χ1) is 8.42. The summed E-state index contributed by atoms with van der Waals surface area (Å²) in [6, 6.07) is 0.891. The zero-order valence-electron chi connectivity index (χ0n) is 12.5. The monoisotopic (exact) mass is 251 g/mol. The van der Waals surface area contributed by atoms with Gasteiger partial charge < -0.3 is 4.74 Å². The summed E-state index contributed by atoms with van der Waals surface area (Å²) in [5.41, 5.74) is 0.532. The van der Waals surface area contributed by atoms with Gasteiger partial charge in [0.2, 0.25) is 0 Å². The van der Waals surface area contributed by atoms with Gasteiger partial charge in [0.1, 0.15) is 0 Å². The second-order valence-corrected chi connectivity index (χ2v) is 7.97. The van der Waals surface area contributed by atoms with E-state index in [1.54, 1.807) is 0 Å². The molecule has 0 N–H and O–H groups in total. The van der Waals surface area contributed by atoms with Crippen LogP contribution in [0.2, 0.25) is 0 Å². The molecular formula is C16H29NO. The van der Waals surface area contributed by atoms with Gasteiger partial charge in [0.25, 0.3) is 0 Å². The van der Waals surface area contributed by atoms with Crippen molar-refractivity contribution in [1.82, 2.24) is 4.90 Å². The van der Waals surface area contributed by atoms with E-state index in [1.165, 1.54) is 38.8 Å². The molecule has 18 heavy (non-hydrogen) atoms. The molecule has 3 rings (SSSR count). The van der Waals surface area contributed by atoms with Gasteiger partial charge in [0.15, 0.2) is 0 Å². The van der Waals surface area contributed by atoms with E-state index >= 15 is 0 Å². The Bertz CT molecular complexity index is 316. The molecule has 0 aromatic carbocycles. The number of rotatable bonds is 5. The van der Waals surface area contributed by atoms with Gasteiger partial charge in [-0.25, -0.2) is 0 Å². The van der Waals surface area contributed by atoms with Crippen LogP contribution in [0.3, 0.4) is 0 Å². The Morgan fingerprint density at radius 3 is 2.56 bits per heavy atom. The molecule has 2 aliphatic carbocycles. The summed E-state index contributed by atoms with van der Waals surface area (Å²) < 4.78 is 6.05. The fourth-order valence-corrected chi connectivity index (χ4v) is 3.73. The fraction of sp³-hybridized carbons (Fsp3) is 1.00. The molecule has 2 nitrogen and oxygen atoms in total. The Kier molecular flexibility index (Phi) is 3.02. The van der Waals surface area contributed by atoms with Crippen LogP contribution in [0.1, 0.15) is 53.4 Å². The Labute approximate surface area is 112 Å². The molecule has 1 saturated heterocycles. The van der Waals surface area contributed by atoms with Crippen LogP contribution in [0.4, 0.5) is 0 Å². The SMILES string of the molecule is CCC1C2CC2CN1CC1(COC(C)(C)C)CC1. The molecule has 2 heteroatoms. The minimum atomic E-state index is 0.0207. The zero-order chi connectivity index (χ0) is 13.0. The maximum atomic E-state index is 6.05. The number of likely N-dealkylation sites (tertiary alicyclic amines) is 1. The highest BCUT2D eigenvalue weighted by Gasteiger charge is 2.54. The van der Waals surface area contributed by atoms with E-state index < -0.39 is 0 Å². The van der Waals surface area contributed by atoms with Crippen LogP contribution in [0.25, 0.3) is 0 Å². The third-order valence-corrected chi connectivity index (χ3v) is 5.13. The summed E-state index contributed by atoms with van der Waals surface area (Å²) in [6.45, 7) is 12.5. The number of hydrogen-bond donors (Lipinski definition) is 0. The Morgan fingerprint density at radius 1 is 1.28 bits per heavy atom. The van der Waals surface area contributed by atoms with E-state index in [0.29, 0.717) is 5.41 Å². The van der Waals surface area contributed by atoms with E-state index in [2.05, 4.69) is 32.6 Å². The number of hydrogen-bond acceptors (Lipinski definition) is 2. The van der Waals surface area contributed by atoms with Crippen LogP contribution in [0.15, 0.2) is 0 Å². The first kappa shape index (κ1) is 12.9. The molecule has 0 aromatic rings. The molecule has 3 aliphatic rings. The molecular weight excluding hydrogens is 222 g/mol. The van der Waals surface area contributed by atoms with Crippen LogP contribution in [-0.4, -0.2) is 36.2 Å². The van der Waals surface area contributed by atoms with Crippen LogP contribution >= 0.6 is 0 Å². The average Bonchev–Trinajstić information content (AvgIpc) is 3.17. The molecule has 1 aliphatic heterocycles. The van der Waals surface area contributed by atoms with Crippen LogP contribution in [0.5, 0.6) is 0 Å². The van der Waals surface area contributed by atoms with Crippen molar-refractivity contribution in [3.8, 4) is 0 Å². The number of piperidine rings is 1.